The lowest BCUT2D eigenvalue weighted by Gasteiger charge is -2.38. The van der Waals surface area contributed by atoms with Gasteiger partial charge in [-0.2, -0.15) is 0 Å². The standard InChI is InChI=1S/C21H25NO3/c1-13-5-4-10-22(12-13)20(24)18-15-8-9-21(19(15)18)11-16(23)14-6-2-3-7-17(14)25-21/h2-3,6-7,13,15,18-19H,4-5,8-12H2,1H3/t13-,15+,18-,19+,21-/m1/s1. The Balaban J connectivity index is 1.38. The number of piperidine rings is 1. The van der Waals surface area contributed by atoms with Crippen molar-refractivity contribution < 1.29 is 14.3 Å². The molecule has 0 radical (unpaired) electrons. The molecule has 0 unspecified atom stereocenters. The van der Waals surface area contributed by atoms with E-state index in [2.05, 4.69) is 11.8 Å². The Morgan fingerprint density at radius 2 is 2.12 bits per heavy atom. The van der Waals surface area contributed by atoms with Gasteiger partial charge >= 0.3 is 0 Å². The molecule has 1 spiro atoms. The maximum Gasteiger partial charge on any atom is 0.226 e. The van der Waals surface area contributed by atoms with Crippen molar-refractivity contribution in [1.29, 1.82) is 0 Å². The molecule has 4 heteroatoms. The first-order valence-electron chi connectivity index (χ1n) is 9.69. The zero-order valence-corrected chi connectivity index (χ0v) is 14.7. The second-order valence-corrected chi connectivity index (χ2v) is 8.55. The SMILES string of the molecule is C[C@@H]1CCCN(C(=O)[C@@H]2[C@@H]3CC[C@@]4(CC(=O)c5ccccc5O4)[C@@H]32)C1. The van der Waals surface area contributed by atoms with Gasteiger partial charge in [-0.05, 0) is 49.7 Å². The average Bonchev–Trinajstić information content (AvgIpc) is 3.25. The number of hydrogen-bond donors (Lipinski definition) is 0. The molecule has 132 valence electrons. The fourth-order valence-electron chi connectivity index (χ4n) is 5.70. The first-order valence-corrected chi connectivity index (χ1v) is 9.69. The lowest BCUT2D eigenvalue weighted by atomic mass is 9.84. The van der Waals surface area contributed by atoms with Crippen molar-refractivity contribution in [3.63, 3.8) is 0 Å². The summed E-state index contributed by atoms with van der Waals surface area (Å²) in [6, 6.07) is 7.55. The number of nitrogens with zero attached hydrogens (tertiary/aromatic N) is 1. The van der Waals surface area contributed by atoms with E-state index in [9.17, 15) is 9.59 Å². The molecule has 5 rings (SSSR count). The summed E-state index contributed by atoms with van der Waals surface area (Å²) in [4.78, 5) is 27.8. The number of ketones is 1. The Bertz CT molecular complexity index is 744. The van der Waals surface area contributed by atoms with Gasteiger partial charge in [-0.25, -0.2) is 0 Å². The smallest absolute Gasteiger partial charge is 0.226 e. The first-order chi connectivity index (χ1) is 12.1. The minimum absolute atomic E-state index is 0.0807. The van der Waals surface area contributed by atoms with Gasteiger partial charge in [0.1, 0.15) is 11.4 Å². The van der Waals surface area contributed by atoms with Crippen LogP contribution in [0, 0.1) is 23.7 Å². The molecule has 4 nitrogen and oxygen atoms in total. The summed E-state index contributed by atoms with van der Waals surface area (Å²) < 4.78 is 6.40. The number of benzene rings is 1. The van der Waals surface area contributed by atoms with Crippen LogP contribution in [0.25, 0.3) is 0 Å². The van der Waals surface area contributed by atoms with Crippen LogP contribution >= 0.6 is 0 Å². The summed E-state index contributed by atoms with van der Waals surface area (Å²) in [5.41, 5.74) is 0.266. The molecular formula is C21H25NO3. The van der Waals surface area contributed by atoms with Gasteiger partial charge in [-0.3, -0.25) is 9.59 Å². The molecule has 2 saturated carbocycles. The summed E-state index contributed by atoms with van der Waals surface area (Å²) in [6.45, 7) is 4.02. The van der Waals surface area contributed by atoms with E-state index in [1.54, 1.807) is 0 Å². The number of carbonyl (C=O) groups excluding carboxylic acids is 2. The third kappa shape index (κ3) is 2.26. The number of Topliss-reactive ketones (excluding diaryl/α,β-unsaturated/α-hetero) is 1. The van der Waals surface area contributed by atoms with Crippen LogP contribution in [-0.4, -0.2) is 35.3 Å². The van der Waals surface area contributed by atoms with Gasteiger partial charge in [-0.15, -0.1) is 0 Å². The minimum atomic E-state index is -0.433. The lowest BCUT2D eigenvalue weighted by molar-refractivity contribution is -0.136. The van der Waals surface area contributed by atoms with E-state index >= 15 is 0 Å². The number of para-hydroxylation sites is 1. The molecule has 1 amide bonds. The molecule has 2 aliphatic heterocycles. The molecule has 25 heavy (non-hydrogen) atoms. The average molecular weight is 339 g/mol. The van der Waals surface area contributed by atoms with E-state index in [1.165, 1.54) is 6.42 Å². The molecule has 2 heterocycles. The van der Waals surface area contributed by atoms with Crippen LogP contribution in [0.2, 0.25) is 0 Å². The molecule has 2 aliphatic carbocycles. The topological polar surface area (TPSA) is 46.6 Å². The predicted molar refractivity (Wildman–Crippen MR) is 93.4 cm³/mol. The maximum absolute atomic E-state index is 13.1. The van der Waals surface area contributed by atoms with Crippen LogP contribution in [0.3, 0.4) is 0 Å². The van der Waals surface area contributed by atoms with Crippen molar-refractivity contribution in [2.24, 2.45) is 23.7 Å². The largest absolute Gasteiger partial charge is 0.486 e. The quantitative estimate of drug-likeness (QED) is 0.789. The number of rotatable bonds is 1. The van der Waals surface area contributed by atoms with E-state index in [4.69, 9.17) is 4.74 Å². The Morgan fingerprint density at radius 1 is 1.28 bits per heavy atom. The zero-order valence-electron chi connectivity index (χ0n) is 14.7. The van der Waals surface area contributed by atoms with Gasteiger partial charge in [0.25, 0.3) is 0 Å². The first kappa shape index (κ1) is 15.4. The Kier molecular flexibility index (Phi) is 3.28. The third-order valence-corrected chi connectivity index (χ3v) is 6.89. The number of ether oxygens (including phenoxy) is 1. The second-order valence-electron chi connectivity index (χ2n) is 8.55. The fourth-order valence-corrected chi connectivity index (χ4v) is 5.70. The number of amides is 1. The van der Waals surface area contributed by atoms with Gasteiger partial charge in [0.05, 0.1) is 12.0 Å². The molecule has 1 aromatic rings. The third-order valence-electron chi connectivity index (χ3n) is 6.89. The highest BCUT2D eigenvalue weighted by Crippen LogP contribution is 2.66. The molecule has 1 aromatic carbocycles. The van der Waals surface area contributed by atoms with Crippen molar-refractivity contribution in [3.8, 4) is 5.75 Å². The van der Waals surface area contributed by atoms with Gasteiger partial charge in [0.2, 0.25) is 5.91 Å². The summed E-state index contributed by atoms with van der Waals surface area (Å²) in [6.07, 6.45) is 4.69. The second kappa shape index (κ2) is 5.33. The van der Waals surface area contributed by atoms with E-state index in [1.807, 2.05) is 24.3 Å². The van der Waals surface area contributed by atoms with E-state index in [0.717, 1.165) is 32.4 Å². The van der Waals surface area contributed by atoms with E-state index in [0.29, 0.717) is 35.5 Å². The van der Waals surface area contributed by atoms with Crippen molar-refractivity contribution in [1.82, 2.24) is 4.90 Å². The molecule has 3 fully saturated rings. The highest BCUT2D eigenvalue weighted by atomic mass is 16.5. The summed E-state index contributed by atoms with van der Waals surface area (Å²) in [5.74, 6) is 2.53. The van der Waals surface area contributed by atoms with Gasteiger partial charge < -0.3 is 9.64 Å². The fraction of sp³-hybridized carbons (Fsp3) is 0.619. The number of likely N-dealkylation sites (tertiary alicyclic amines) is 1. The van der Waals surface area contributed by atoms with E-state index in [-0.39, 0.29) is 17.6 Å². The van der Waals surface area contributed by atoms with Crippen LogP contribution in [0.1, 0.15) is 49.4 Å². The van der Waals surface area contributed by atoms with Crippen molar-refractivity contribution >= 4 is 11.7 Å². The predicted octanol–water partition coefficient (Wildman–Crippen LogP) is 3.31. The zero-order chi connectivity index (χ0) is 17.2. The maximum atomic E-state index is 13.1. The molecule has 5 atom stereocenters. The summed E-state index contributed by atoms with van der Waals surface area (Å²) >= 11 is 0. The van der Waals surface area contributed by atoms with E-state index < -0.39 is 5.60 Å². The molecule has 4 aliphatic rings. The van der Waals surface area contributed by atoms with Crippen molar-refractivity contribution in [3.05, 3.63) is 29.8 Å². The normalized spacial score (nSPS) is 38.9. The Labute approximate surface area is 148 Å². The van der Waals surface area contributed by atoms with Crippen molar-refractivity contribution in [2.45, 2.75) is 44.6 Å². The monoisotopic (exact) mass is 339 g/mol. The van der Waals surface area contributed by atoms with Crippen LogP contribution < -0.4 is 4.74 Å². The Hall–Kier alpha value is -1.84. The summed E-state index contributed by atoms with van der Waals surface area (Å²) in [5, 5.41) is 0. The van der Waals surface area contributed by atoms with Crippen LogP contribution in [0.15, 0.2) is 24.3 Å². The minimum Gasteiger partial charge on any atom is -0.486 e. The molecular weight excluding hydrogens is 314 g/mol. The molecule has 0 N–H and O–H groups in total. The molecule has 1 saturated heterocycles. The van der Waals surface area contributed by atoms with Crippen LogP contribution in [0.5, 0.6) is 5.75 Å². The van der Waals surface area contributed by atoms with Gasteiger partial charge in [-0.1, -0.05) is 19.1 Å². The van der Waals surface area contributed by atoms with Crippen molar-refractivity contribution in [2.75, 3.05) is 13.1 Å². The number of carbonyl (C=O) groups is 2. The summed E-state index contributed by atoms with van der Waals surface area (Å²) in [7, 11) is 0. The van der Waals surface area contributed by atoms with Gasteiger partial charge in [0.15, 0.2) is 5.78 Å². The highest BCUT2D eigenvalue weighted by Gasteiger charge is 2.71. The Morgan fingerprint density at radius 3 is 2.96 bits per heavy atom. The van der Waals surface area contributed by atoms with Crippen LogP contribution in [-0.2, 0) is 4.79 Å². The lowest BCUT2D eigenvalue weighted by Crippen LogP contribution is -2.46. The number of hydrogen-bond acceptors (Lipinski definition) is 3. The highest BCUT2D eigenvalue weighted by molar-refractivity contribution is 6.00. The number of fused-ring (bicyclic) bond motifs is 3. The molecule has 0 aromatic heterocycles. The van der Waals surface area contributed by atoms with Crippen LogP contribution in [0.4, 0.5) is 0 Å². The molecule has 0 bridgehead atoms. The van der Waals surface area contributed by atoms with Gasteiger partial charge in [0, 0.05) is 24.9 Å².